The first kappa shape index (κ1) is 55.6. The van der Waals surface area contributed by atoms with E-state index >= 15 is 0 Å². The van der Waals surface area contributed by atoms with Gasteiger partial charge in [-0.25, -0.2) is 0 Å². The van der Waals surface area contributed by atoms with Gasteiger partial charge in [0, 0.05) is 12.8 Å². The van der Waals surface area contributed by atoms with E-state index in [1.807, 2.05) is 6.08 Å². The number of rotatable bonds is 38. The Morgan fingerprint density at radius 2 is 1.03 bits per heavy atom. The summed E-state index contributed by atoms with van der Waals surface area (Å²) in [5.74, 6) is -2.07. The number of ether oxygens (including phenoxy) is 4. The fraction of sp³-hybridized carbons (Fsp3) is 0.787. The lowest BCUT2D eigenvalue weighted by molar-refractivity contribution is -0.297. The van der Waals surface area contributed by atoms with E-state index in [0.29, 0.717) is 12.8 Å². The fourth-order valence-electron chi connectivity index (χ4n) is 6.76. The lowest BCUT2D eigenvalue weighted by Gasteiger charge is -2.40. The zero-order valence-corrected chi connectivity index (χ0v) is 37.9. The number of esters is 2. The molecule has 4 N–H and O–H groups in total. The highest BCUT2D eigenvalue weighted by molar-refractivity contribution is 7.85. The van der Waals surface area contributed by atoms with E-state index in [4.69, 9.17) is 18.9 Å². The molecule has 0 aromatic carbocycles. The number of carbonyl (C=O) groups is 2. The maximum atomic E-state index is 12.8. The minimum Gasteiger partial charge on any atom is -0.462 e. The van der Waals surface area contributed by atoms with Crippen molar-refractivity contribution < 1.29 is 56.8 Å². The molecule has 0 aromatic rings. The van der Waals surface area contributed by atoms with Gasteiger partial charge in [0.2, 0.25) is 0 Å². The standard InChI is InChI=1S/C47H82O12S/c1-3-5-7-9-11-13-15-17-19-20-22-24-26-28-30-32-34-36-43(49)58-40(38-57-47-46(52)45(51)44(50)41(59-47)39-60(53,54)55)37-56-42(48)35-33-31-29-27-25-23-21-18-16-14-12-10-8-6-4-2/h11,13,17,19,22,24,29,31,40-41,44-47,50-52H,3-10,12,14-16,18,20-21,23,25-28,30,32-39H2,1-2H3,(H,53,54,55)/b13-11+,19-17+,24-22+,31-29+/t40-,41-,44-,45?,46?,47+/m1/s1. The van der Waals surface area contributed by atoms with Crippen molar-refractivity contribution in [2.24, 2.45) is 0 Å². The van der Waals surface area contributed by atoms with Crippen molar-refractivity contribution in [1.82, 2.24) is 0 Å². The molecule has 12 nitrogen and oxygen atoms in total. The zero-order chi connectivity index (χ0) is 44.1. The van der Waals surface area contributed by atoms with E-state index in [0.717, 1.165) is 57.8 Å². The van der Waals surface area contributed by atoms with E-state index in [-0.39, 0.29) is 19.4 Å². The first-order valence-corrected chi connectivity index (χ1v) is 24.8. The van der Waals surface area contributed by atoms with E-state index in [2.05, 4.69) is 56.4 Å². The molecular weight excluding hydrogens is 789 g/mol. The highest BCUT2D eigenvalue weighted by atomic mass is 32.2. The van der Waals surface area contributed by atoms with Gasteiger partial charge in [0.25, 0.3) is 10.1 Å². The Balaban J connectivity index is 2.48. The molecule has 2 unspecified atom stereocenters. The summed E-state index contributed by atoms with van der Waals surface area (Å²) in [6, 6.07) is 0. The summed E-state index contributed by atoms with van der Waals surface area (Å²) in [6.45, 7) is 3.68. The largest absolute Gasteiger partial charge is 0.462 e. The summed E-state index contributed by atoms with van der Waals surface area (Å²) in [7, 11) is -4.61. The molecule has 13 heteroatoms. The average molecular weight is 871 g/mol. The number of aliphatic hydroxyl groups excluding tert-OH is 3. The number of allylic oxidation sites excluding steroid dienone is 8. The van der Waals surface area contributed by atoms with Crippen molar-refractivity contribution in [3.63, 3.8) is 0 Å². The zero-order valence-electron chi connectivity index (χ0n) is 37.1. The van der Waals surface area contributed by atoms with Crippen LogP contribution in [0, 0.1) is 0 Å². The minimum atomic E-state index is -4.61. The second-order valence-corrected chi connectivity index (χ2v) is 17.6. The molecule has 1 saturated heterocycles. The SMILES string of the molecule is CCCCC/C=C/C/C=C/C/C=C/CCCCCCC(=O)O[C@H](COC(=O)CC/C=C/CCCCCCCCCCCCC)CO[C@H]1O[C@H](CS(=O)(=O)O)[C@@H](O)C(O)C1O. The summed E-state index contributed by atoms with van der Waals surface area (Å²) in [5.41, 5.74) is 0. The molecule has 1 heterocycles. The molecule has 0 amide bonds. The van der Waals surface area contributed by atoms with Crippen LogP contribution in [0.5, 0.6) is 0 Å². The number of unbranched alkanes of at least 4 members (excludes halogenated alkanes) is 18. The lowest BCUT2D eigenvalue weighted by Crippen LogP contribution is -2.60. The second kappa shape index (κ2) is 37.2. The Morgan fingerprint density at radius 1 is 0.567 bits per heavy atom. The van der Waals surface area contributed by atoms with Crippen LogP contribution in [0.3, 0.4) is 0 Å². The molecule has 0 aromatic heterocycles. The summed E-state index contributed by atoms with van der Waals surface area (Å²) < 4.78 is 54.0. The molecule has 1 fully saturated rings. The van der Waals surface area contributed by atoms with Gasteiger partial charge in [-0.1, -0.05) is 152 Å². The minimum absolute atomic E-state index is 0.130. The van der Waals surface area contributed by atoms with Gasteiger partial charge in [0.15, 0.2) is 12.4 Å². The van der Waals surface area contributed by atoms with Crippen molar-refractivity contribution in [2.45, 2.75) is 218 Å². The van der Waals surface area contributed by atoms with Crippen molar-refractivity contribution in [1.29, 1.82) is 0 Å². The van der Waals surface area contributed by atoms with Crippen LogP contribution >= 0.6 is 0 Å². The van der Waals surface area contributed by atoms with Gasteiger partial charge in [-0.3, -0.25) is 14.1 Å². The molecule has 60 heavy (non-hydrogen) atoms. The third kappa shape index (κ3) is 31.5. The maximum absolute atomic E-state index is 12.8. The maximum Gasteiger partial charge on any atom is 0.306 e. The Hall–Kier alpha value is -2.39. The third-order valence-electron chi connectivity index (χ3n) is 10.4. The second-order valence-electron chi connectivity index (χ2n) is 16.1. The molecule has 6 atom stereocenters. The first-order valence-electron chi connectivity index (χ1n) is 23.2. The highest BCUT2D eigenvalue weighted by Crippen LogP contribution is 2.24. The van der Waals surface area contributed by atoms with E-state index in [1.54, 1.807) is 0 Å². The van der Waals surface area contributed by atoms with Crippen LogP contribution in [0.15, 0.2) is 48.6 Å². The smallest absolute Gasteiger partial charge is 0.306 e. The molecule has 0 spiro atoms. The molecule has 0 aliphatic carbocycles. The molecule has 1 aliphatic heterocycles. The highest BCUT2D eigenvalue weighted by Gasteiger charge is 2.46. The van der Waals surface area contributed by atoms with E-state index in [9.17, 15) is 37.9 Å². The number of hydrogen-bond acceptors (Lipinski definition) is 11. The molecule has 348 valence electrons. The summed E-state index contributed by atoms with van der Waals surface area (Å²) in [5, 5.41) is 30.9. The summed E-state index contributed by atoms with van der Waals surface area (Å²) >= 11 is 0. The van der Waals surface area contributed by atoms with Gasteiger partial charge in [-0.05, 0) is 64.2 Å². The molecule has 0 saturated carbocycles. The van der Waals surface area contributed by atoms with Gasteiger partial charge in [0.1, 0.15) is 36.8 Å². The molecule has 1 rings (SSSR count). The van der Waals surface area contributed by atoms with Crippen molar-refractivity contribution in [2.75, 3.05) is 19.0 Å². The number of aliphatic hydroxyl groups is 3. The van der Waals surface area contributed by atoms with E-state index < -0.39 is 71.2 Å². The van der Waals surface area contributed by atoms with Gasteiger partial charge >= 0.3 is 11.9 Å². The average Bonchev–Trinajstić information content (AvgIpc) is 3.21. The Kier molecular flexibility index (Phi) is 34.5. The molecule has 0 radical (unpaired) electrons. The predicted molar refractivity (Wildman–Crippen MR) is 238 cm³/mol. The molecule has 1 aliphatic rings. The van der Waals surface area contributed by atoms with Crippen LogP contribution in [-0.4, -0.2) is 96.0 Å². The Bertz CT molecular complexity index is 1300. The first-order chi connectivity index (χ1) is 29.0. The molecular formula is C47H82O12S. The quantitative estimate of drug-likeness (QED) is 0.0200. The Labute approximate surface area is 363 Å². The van der Waals surface area contributed by atoms with Crippen LogP contribution < -0.4 is 0 Å². The molecule has 0 bridgehead atoms. The van der Waals surface area contributed by atoms with Gasteiger partial charge < -0.3 is 34.3 Å². The lowest BCUT2D eigenvalue weighted by atomic mass is 10.00. The van der Waals surface area contributed by atoms with Crippen molar-refractivity contribution in [3.8, 4) is 0 Å². The van der Waals surface area contributed by atoms with Crippen molar-refractivity contribution >= 4 is 22.1 Å². The predicted octanol–water partition coefficient (Wildman–Crippen LogP) is 9.56. The van der Waals surface area contributed by atoms with Gasteiger partial charge in [0.05, 0.1) is 6.61 Å². The number of carbonyl (C=O) groups excluding carboxylic acids is 2. The van der Waals surface area contributed by atoms with Crippen LogP contribution in [0.25, 0.3) is 0 Å². The normalized spacial score (nSPS) is 20.5. The fourth-order valence-corrected chi connectivity index (χ4v) is 7.45. The van der Waals surface area contributed by atoms with Crippen LogP contribution in [-0.2, 0) is 38.7 Å². The van der Waals surface area contributed by atoms with Crippen LogP contribution in [0.4, 0.5) is 0 Å². The topological polar surface area (TPSA) is 186 Å². The third-order valence-corrected chi connectivity index (χ3v) is 11.1. The van der Waals surface area contributed by atoms with Crippen LogP contribution in [0.1, 0.15) is 181 Å². The van der Waals surface area contributed by atoms with Crippen molar-refractivity contribution in [3.05, 3.63) is 48.6 Å². The number of hydrogen-bond donors (Lipinski definition) is 4. The van der Waals surface area contributed by atoms with Gasteiger partial charge in [-0.2, -0.15) is 8.42 Å². The monoisotopic (exact) mass is 871 g/mol. The van der Waals surface area contributed by atoms with E-state index in [1.165, 1.54) is 83.5 Å². The summed E-state index contributed by atoms with van der Waals surface area (Å²) in [6.07, 6.45) is 34.5. The van der Waals surface area contributed by atoms with Crippen LogP contribution in [0.2, 0.25) is 0 Å². The van der Waals surface area contributed by atoms with Gasteiger partial charge in [-0.15, -0.1) is 0 Å². The summed E-state index contributed by atoms with van der Waals surface area (Å²) in [4.78, 5) is 25.4. The Morgan fingerprint density at radius 3 is 1.60 bits per heavy atom.